The fraction of sp³-hybridized carbons (Fsp3) is 0.467. The van der Waals surface area contributed by atoms with Crippen LogP contribution in [0, 0.1) is 0 Å². The second kappa shape index (κ2) is 8.37. The van der Waals surface area contributed by atoms with Crippen molar-refractivity contribution in [3.8, 4) is 0 Å². The first-order chi connectivity index (χ1) is 8.22. The van der Waals surface area contributed by atoms with Crippen molar-refractivity contribution in [3.05, 3.63) is 42.5 Å². The smallest absolute Gasteiger partial charge is 0.0164 e. The number of rotatable bonds is 8. The molecule has 1 unspecified atom stereocenters. The van der Waals surface area contributed by atoms with Crippen LogP contribution >= 0.6 is 11.8 Å². The summed E-state index contributed by atoms with van der Waals surface area (Å²) in [7, 11) is 0. The molecular formula is C15H23NS. The topological polar surface area (TPSA) is 12.0 Å². The molecule has 0 heterocycles. The van der Waals surface area contributed by atoms with Crippen LogP contribution in [0.5, 0.6) is 0 Å². The van der Waals surface area contributed by atoms with Gasteiger partial charge in [0.2, 0.25) is 0 Å². The van der Waals surface area contributed by atoms with E-state index in [0.29, 0.717) is 6.04 Å². The summed E-state index contributed by atoms with van der Waals surface area (Å²) >= 11 is 1.93. The Balaban J connectivity index is 2.36. The number of benzene rings is 1. The highest BCUT2D eigenvalue weighted by molar-refractivity contribution is 7.99. The lowest BCUT2D eigenvalue weighted by Crippen LogP contribution is -2.31. The van der Waals surface area contributed by atoms with Gasteiger partial charge in [-0.25, -0.2) is 0 Å². The molecule has 0 amide bonds. The molecule has 1 aromatic carbocycles. The summed E-state index contributed by atoms with van der Waals surface area (Å²) in [5.41, 5.74) is 1.28. The van der Waals surface area contributed by atoms with Gasteiger partial charge in [-0.2, -0.15) is 0 Å². The van der Waals surface area contributed by atoms with Gasteiger partial charge in [-0.3, -0.25) is 0 Å². The van der Waals surface area contributed by atoms with E-state index in [9.17, 15) is 0 Å². The molecule has 0 fully saturated rings. The molecule has 0 spiro atoms. The van der Waals surface area contributed by atoms with E-state index < -0.39 is 0 Å². The number of hydrogen-bond acceptors (Lipinski definition) is 2. The molecular weight excluding hydrogens is 226 g/mol. The van der Waals surface area contributed by atoms with Gasteiger partial charge in [0.1, 0.15) is 0 Å². The molecule has 2 heteroatoms. The summed E-state index contributed by atoms with van der Waals surface area (Å²) in [5, 5.41) is 3.55. The Hall–Kier alpha value is -0.730. The molecule has 0 saturated carbocycles. The molecule has 1 nitrogen and oxygen atoms in total. The fourth-order valence-corrected chi connectivity index (χ4v) is 2.69. The van der Waals surface area contributed by atoms with Crippen molar-refractivity contribution >= 4 is 11.8 Å². The molecule has 0 aromatic heterocycles. The van der Waals surface area contributed by atoms with Crippen LogP contribution in [0.3, 0.4) is 0 Å². The third-order valence-corrected chi connectivity index (χ3v) is 3.78. The van der Waals surface area contributed by atoms with E-state index in [2.05, 4.69) is 56.1 Å². The predicted molar refractivity (Wildman–Crippen MR) is 78.7 cm³/mol. The van der Waals surface area contributed by atoms with Crippen molar-refractivity contribution in [1.82, 2.24) is 5.32 Å². The Labute approximate surface area is 110 Å². The zero-order valence-electron chi connectivity index (χ0n) is 10.9. The van der Waals surface area contributed by atoms with E-state index in [-0.39, 0.29) is 0 Å². The summed E-state index contributed by atoms with van der Waals surface area (Å²) in [5.74, 6) is 1.13. The van der Waals surface area contributed by atoms with Crippen molar-refractivity contribution < 1.29 is 0 Å². The molecule has 0 aliphatic heterocycles. The van der Waals surface area contributed by atoms with Crippen molar-refractivity contribution in [2.45, 2.75) is 37.6 Å². The molecule has 94 valence electrons. The number of nitrogens with one attached hydrogen (secondary N) is 1. The number of hydrogen-bond donors (Lipinski definition) is 1. The molecule has 1 rings (SSSR count). The molecule has 0 radical (unpaired) electrons. The van der Waals surface area contributed by atoms with Crippen LogP contribution in [0.15, 0.2) is 47.4 Å². The van der Waals surface area contributed by atoms with E-state index in [0.717, 1.165) is 18.7 Å². The van der Waals surface area contributed by atoms with Crippen molar-refractivity contribution in [1.29, 1.82) is 0 Å². The fourth-order valence-electron chi connectivity index (χ4n) is 1.67. The van der Waals surface area contributed by atoms with Crippen LogP contribution in [0.1, 0.15) is 26.7 Å². The van der Waals surface area contributed by atoms with Crippen LogP contribution in [0.2, 0.25) is 0 Å². The zero-order valence-corrected chi connectivity index (χ0v) is 11.7. The number of thioether (sulfide) groups is 1. The predicted octanol–water partition coefficient (Wildman–Crippen LogP) is 4.11. The monoisotopic (exact) mass is 249 g/mol. The minimum absolute atomic E-state index is 0.585. The van der Waals surface area contributed by atoms with Gasteiger partial charge in [0, 0.05) is 16.7 Å². The molecule has 1 N–H and O–H groups in total. The highest BCUT2D eigenvalue weighted by Crippen LogP contribution is 2.19. The third-order valence-electron chi connectivity index (χ3n) is 2.61. The van der Waals surface area contributed by atoms with Crippen molar-refractivity contribution in [2.75, 3.05) is 12.3 Å². The minimum Gasteiger partial charge on any atom is -0.313 e. The second-order valence-electron chi connectivity index (χ2n) is 4.37. The summed E-state index contributed by atoms with van der Waals surface area (Å²) in [6.07, 6.45) is 2.30. The Morgan fingerprint density at radius 3 is 2.65 bits per heavy atom. The first-order valence-electron chi connectivity index (χ1n) is 6.28. The van der Waals surface area contributed by atoms with Gasteiger partial charge >= 0.3 is 0 Å². The average Bonchev–Trinajstić information content (AvgIpc) is 2.34. The molecule has 17 heavy (non-hydrogen) atoms. The quantitative estimate of drug-likeness (QED) is 0.549. The van der Waals surface area contributed by atoms with Gasteiger partial charge in [-0.15, -0.1) is 18.3 Å². The standard InChI is InChI=1S/C15H23NS/c1-4-16-14(11-10-13(2)3)12-17-15-8-6-5-7-9-15/h5-9,14,16H,2,4,10-12H2,1,3H3. The summed E-state index contributed by atoms with van der Waals surface area (Å²) in [6, 6.07) is 11.2. The lowest BCUT2D eigenvalue weighted by atomic mass is 10.1. The van der Waals surface area contributed by atoms with Crippen molar-refractivity contribution in [3.63, 3.8) is 0 Å². The van der Waals surface area contributed by atoms with Gasteiger partial charge in [-0.05, 0) is 38.4 Å². The SMILES string of the molecule is C=C(C)CCC(CSc1ccccc1)NCC. The first kappa shape index (κ1) is 14.3. The maximum atomic E-state index is 3.97. The number of allylic oxidation sites excluding steroid dienone is 1. The largest absolute Gasteiger partial charge is 0.313 e. The normalized spacial score (nSPS) is 12.4. The van der Waals surface area contributed by atoms with Gasteiger partial charge in [-0.1, -0.05) is 30.7 Å². The summed E-state index contributed by atoms with van der Waals surface area (Å²) in [6.45, 7) is 9.28. The zero-order chi connectivity index (χ0) is 12.5. The van der Waals surface area contributed by atoms with E-state index >= 15 is 0 Å². The molecule has 1 atom stereocenters. The Bertz CT molecular complexity index is 321. The highest BCUT2D eigenvalue weighted by Gasteiger charge is 2.07. The molecule has 0 aliphatic rings. The maximum absolute atomic E-state index is 3.97. The third kappa shape index (κ3) is 6.54. The molecule has 0 bridgehead atoms. The van der Waals surface area contributed by atoms with E-state index in [1.54, 1.807) is 0 Å². The molecule has 0 aliphatic carbocycles. The molecule has 0 saturated heterocycles. The van der Waals surface area contributed by atoms with Gasteiger partial charge in [0.05, 0.1) is 0 Å². The Morgan fingerprint density at radius 1 is 1.35 bits per heavy atom. The van der Waals surface area contributed by atoms with Crippen LogP contribution in [-0.2, 0) is 0 Å². The summed E-state index contributed by atoms with van der Waals surface area (Å²) < 4.78 is 0. The average molecular weight is 249 g/mol. The van der Waals surface area contributed by atoms with E-state index in [1.807, 2.05) is 11.8 Å². The van der Waals surface area contributed by atoms with Crippen LogP contribution < -0.4 is 5.32 Å². The molecule has 1 aromatic rings. The maximum Gasteiger partial charge on any atom is 0.0164 e. The van der Waals surface area contributed by atoms with Gasteiger partial charge in [0.25, 0.3) is 0 Å². The van der Waals surface area contributed by atoms with Crippen LogP contribution in [0.25, 0.3) is 0 Å². The van der Waals surface area contributed by atoms with Gasteiger partial charge < -0.3 is 5.32 Å². The van der Waals surface area contributed by atoms with E-state index in [1.165, 1.54) is 16.9 Å². The van der Waals surface area contributed by atoms with Gasteiger partial charge in [0.15, 0.2) is 0 Å². The summed E-state index contributed by atoms with van der Waals surface area (Å²) in [4.78, 5) is 1.35. The minimum atomic E-state index is 0.585. The van der Waals surface area contributed by atoms with Crippen molar-refractivity contribution in [2.24, 2.45) is 0 Å². The first-order valence-corrected chi connectivity index (χ1v) is 7.26. The van der Waals surface area contributed by atoms with E-state index in [4.69, 9.17) is 0 Å². The Kier molecular flexibility index (Phi) is 7.06. The Morgan fingerprint density at radius 2 is 2.06 bits per heavy atom. The van der Waals surface area contributed by atoms with Crippen LogP contribution in [-0.4, -0.2) is 18.3 Å². The van der Waals surface area contributed by atoms with Crippen LogP contribution in [0.4, 0.5) is 0 Å². The lowest BCUT2D eigenvalue weighted by Gasteiger charge is -2.17. The highest BCUT2D eigenvalue weighted by atomic mass is 32.2. The lowest BCUT2D eigenvalue weighted by molar-refractivity contribution is 0.537. The second-order valence-corrected chi connectivity index (χ2v) is 5.47.